The third-order valence-electron chi connectivity index (χ3n) is 3.95. The van der Waals surface area contributed by atoms with Gasteiger partial charge in [0.15, 0.2) is 6.61 Å². The highest BCUT2D eigenvalue weighted by Gasteiger charge is 2.26. The molecule has 0 spiro atoms. The molecule has 1 aromatic rings. The first-order valence-electron chi connectivity index (χ1n) is 7.45. The molecule has 1 fully saturated rings. The maximum Gasteiger partial charge on any atom is 0.338 e. The van der Waals surface area contributed by atoms with Crippen LogP contribution in [0, 0.1) is 5.92 Å². The van der Waals surface area contributed by atoms with E-state index in [2.05, 4.69) is 0 Å². The minimum absolute atomic E-state index is 0.102. The van der Waals surface area contributed by atoms with Gasteiger partial charge in [-0.15, -0.1) is 0 Å². The molecule has 2 amide bonds. The molecule has 0 atom stereocenters. The molecule has 1 saturated heterocycles. The number of hydrogen-bond donors (Lipinski definition) is 2. The van der Waals surface area contributed by atoms with Crippen LogP contribution >= 0.6 is 0 Å². The van der Waals surface area contributed by atoms with Gasteiger partial charge in [0.05, 0.1) is 12.2 Å². The SMILES string of the molecule is NC(=O)C1CCN(C(=O)COC(=O)c2ccc(CO)cc2)CC1. The summed E-state index contributed by atoms with van der Waals surface area (Å²) in [6.07, 6.45) is 1.08. The summed E-state index contributed by atoms with van der Waals surface area (Å²) in [5, 5.41) is 8.95. The fraction of sp³-hybridized carbons (Fsp3) is 0.438. The molecule has 1 heterocycles. The number of carbonyl (C=O) groups is 3. The van der Waals surface area contributed by atoms with Crippen molar-refractivity contribution in [2.24, 2.45) is 11.7 Å². The molecule has 2 rings (SSSR count). The van der Waals surface area contributed by atoms with Gasteiger partial charge in [0.25, 0.3) is 5.91 Å². The van der Waals surface area contributed by atoms with E-state index < -0.39 is 5.97 Å². The maximum atomic E-state index is 12.0. The van der Waals surface area contributed by atoms with Crippen LogP contribution in [-0.2, 0) is 20.9 Å². The average molecular weight is 320 g/mol. The summed E-state index contributed by atoms with van der Waals surface area (Å²) in [4.78, 5) is 36.5. The Morgan fingerprint density at radius 1 is 1.17 bits per heavy atom. The number of primary amides is 1. The van der Waals surface area contributed by atoms with Gasteiger partial charge in [-0.25, -0.2) is 4.79 Å². The molecule has 1 aromatic carbocycles. The Balaban J connectivity index is 1.79. The number of amides is 2. The lowest BCUT2D eigenvalue weighted by Gasteiger charge is -2.30. The van der Waals surface area contributed by atoms with Crippen LogP contribution < -0.4 is 5.73 Å². The molecule has 0 bridgehead atoms. The van der Waals surface area contributed by atoms with Crippen LogP contribution in [0.2, 0.25) is 0 Å². The predicted octanol–water partition coefficient (Wildman–Crippen LogP) is 0.0596. The van der Waals surface area contributed by atoms with Crippen molar-refractivity contribution in [3.8, 4) is 0 Å². The Bertz CT molecular complexity index is 577. The molecular weight excluding hydrogens is 300 g/mol. The van der Waals surface area contributed by atoms with Gasteiger partial charge in [-0.1, -0.05) is 12.1 Å². The molecule has 124 valence electrons. The maximum absolute atomic E-state index is 12.0. The highest BCUT2D eigenvalue weighted by molar-refractivity contribution is 5.91. The molecular formula is C16H20N2O5. The Morgan fingerprint density at radius 3 is 2.30 bits per heavy atom. The quantitative estimate of drug-likeness (QED) is 0.746. The summed E-state index contributed by atoms with van der Waals surface area (Å²) >= 11 is 0. The van der Waals surface area contributed by atoms with Crippen molar-refractivity contribution in [2.75, 3.05) is 19.7 Å². The summed E-state index contributed by atoms with van der Waals surface area (Å²) in [7, 11) is 0. The van der Waals surface area contributed by atoms with E-state index in [0.29, 0.717) is 37.1 Å². The molecule has 1 aliphatic heterocycles. The zero-order valence-electron chi connectivity index (χ0n) is 12.7. The summed E-state index contributed by atoms with van der Waals surface area (Å²) in [5.74, 6) is -1.40. The number of carbonyl (C=O) groups excluding carboxylic acids is 3. The Kier molecular flexibility index (Phi) is 5.70. The minimum Gasteiger partial charge on any atom is -0.452 e. The Hall–Kier alpha value is -2.41. The van der Waals surface area contributed by atoms with E-state index in [1.807, 2.05) is 0 Å². The molecule has 1 aliphatic rings. The zero-order valence-corrected chi connectivity index (χ0v) is 12.7. The standard InChI is InChI=1S/C16H20N2O5/c17-15(21)12-5-7-18(8-6-12)14(20)10-23-16(22)13-3-1-11(9-19)2-4-13/h1-4,12,19H,5-10H2,(H2,17,21). The first kappa shape index (κ1) is 17.0. The minimum atomic E-state index is -0.588. The lowest BCUT2D eigenvalue weighted by molar-refractivity contribution is -0.137. The molecule has 7 nitrogen and oxygen atoms in total. The van der Waals surface area contributed by atoms with E-state index in [1.165, 1.54) is 12.1 Å². The van der Waals surface area contributed by atoms with Crippen LogP contribution in [0.1, 0.15) is 28.8 Å². The summed E-state index contributed by atoms with van der Waals surface area (Å²) in [5.41, 5.74) is 6.26. The number of aliphatic hydroxyl groups is 1. The van der Waals surface area contributed by atoms with Gasteiger partial charge in [-0.2, -0.15) is 0 Å². The van der Waals surface area contributed by atoms with Crippen molar-refractivity contribution in [2.45, 2.75) is 19.4 Å². The second-order valence-corrected chi connectivity index (χ2v) is 5.49. The summed E-state index contributed by atoms with van der Waals surface area (Å²) in [6.45, 7) is 0.446. The first-order chi connectivity index (χ1) is 11.0. The highest BCUT2D eigenvalue weighted by Crippen LogP contribution is 2.16. The number of aliphatic hydroxyl groups excluding tert-OH is 1. The van der Waals surface area contributed by atoms with Gasteiger partial charge in [0.2, 0.25) is 5.91 Å². The number of ether oxygens (including phenoxy) is 1. The van der Waals surface area contributed by atoms with Crippen molar-refractivity contribution in [3.63, 3.8) is 0 Å². The largest absolute Gasteiger partial charge is 0.452 e. The van der Waals surface area contributed by atoms with Crippen molar-refractivity contribution < 1.29 is 24.2 Å². The van der Waals surface area contributed by atoms with Gasteiger partial charge in [0.1, 0.15) is 0 Å². The lowest BCUT2D eigenvalue weighted by Crippen LogP contribution is -2.43. The van der Waals surface area contributed by atoms with E-state index in [1.54, 1.807) is 17.0 Å². The van der Waals surface area contributed by atoms with Gasteiger partial charge in [0, 0.05) is 19.0 Å². The van der Waals surface area contributed by atoms with Gasteiger partial charge < -0.3 is 20.5 Å². The average Bonchev–Trinajstić information content (AvgIpc) is 2.59. The topological polar surface area (TPSA) is 110 Å². The van der Waals surface area contributed by atoms with E-state index in [9.17, 15) is 14.4 Å². The summed E-state index contributed by atoms with van der Waals surface area (Å²) in [6, 6.07) is 6.31. The van der Waals surface area contributed by atoms with Gasteiger partial charge in [-0.3, -0.25) is 9.59 Å². The van der Waals surface area contributed by atoms with E-state index in [-0.39, 0.29) is 30.9 Å². The number of hydrogen-bond acceptors (Lipinski definition) is 5. The highest BCUT2D eigenvalue weighted by atomic mass is 16.5. The van der Waals surface area contributed by atoms with Gasteiger partial charge in [-0.05, 0) is 30.5 Å². The van der Waals surface area contributed by atoms with Crippen molar-refractivity contribution in [1.82, 2.24) is 4.90 Å². The van der Waals surface area contributed by atoms with Crippen molar-refractivity contribution in [3.05, 3.63) is 35.4 Å². The van der Waals surface area contributed by atoms with Crippen molar-refractivity contribution >= 4 is 17.8 Å². The lowest BCUT2D eigenvalue weighted by atomic mass is 9.96. The second kappa shape index (κ2) is 7.73. The second-order valence-electron chi connectivity index (χ2n) is 5.49. The normalized spacial score (nSPS) is 15.3. The van der Waals surface area contributed by atoms with Crippen LogP contribution in [0.15, 0.2) is 24.3 Å². The van der Waals surface area contributed by atoms with Crippen LogP contribution in [0.5, 0.6) is 0 Å². The molecule has 23 heavy (non-hydrogen) atoms. The van der Waals surface area contributed by atoms with E-state index in [4.69, 9.17) is 15.6 Å². The van der Waals surface area contributed by atoms with Crippen LogP contribution in [0.3, 0.4) is 0 Å². The Labute approximate surface area is 134 Å². The third-order valence-corrected chi connectivity index (χ3v) is 3.95. The molecule has 0 unspecified atom stereocenters. The molecule has 7 heteroatoms. The fourth-order valence-electron chi connectivity index (χ4n) is 2.46. The monoisotopic (exact) mass is 320 g/mol. The number of esters is 1. The molecule has 3 N–H and O–H groups in total. The van der Waals surface area contributed by atoms with Gasteiger partial charge >= 0.3 is 5.97 Å². The number of likely N-dealkylation sites (tertiary alicyclic amines) is 1. The molecule has 0 aromatic heterocycles. The molecule has 0 radical (unpaired) electrons. The first-order valence-corrected chi connectivity index (χ1v) is 7.45. The van der Waals surface area contributed by atoms with Crippen LogP contribution in [0.4, 0.5) is 0 Å². The number of benzene rings is 1. The number of nitrogens with two attached hydrogens (primary N) is 1. The third kappa shape index (κ3) is 4.53. The Morgan fingerprint density at radius 2 is 1.78 bits per heavy atom. The van der Waals surface area contributed by atoms with Crippen molar-refractivity contribution in [1.29, 1.82) is 0 Å². The molecule has 0 saturated carbocycles. The fourth-order valence-corrected chi connectivity index (χ4v) is 2.46. The van der Waals surface area contributed by atoms with Crippen LogP contribution in [-0.4, -0.2) is 47.5 Å². The smallest absolute Gasteiger partial charge is 0.338 e. The van der Waals surface area contributed by atoms with E-state index >= 15 is 0 Å². The number of piperidine rings is 1. The number of nitrogens with zero attached hydrogens (tertiary/aromatic N) is 1. The predicted molar refractivity (Wildman–Crippen MR) is 81.1 cm³/mol. The van der Waals surface area contributed by atoms with Crippen LogP contribution in [0.25, 0.3) is 0 Å². The summed E-state index contributed by atoms with van der Waals surface area (Å²) < 4.78 is 5.01. The molecule has 0 aliphatic carbocycles. The zero-order chi connectivity index (χ0) is 16.8. The number of rotatable bonds is 5. The van der Waals surface area contributed by atoms with E-state index in [0.717, 1.165) is 0 Å².